The van der Waals surface area contributed by atoms with E-state index < -0.39 is 16.8 Å². The van der Waals surface area contributed by atoms with E-state index in [1.165, 1.54) is 17.4 Å². The van der Waals surface area contributed by atoms with Gasteiger partial charge in [0, 0.05) is 36.8 Å². The van der Waals surface area contributed by atoms with Crippen molar-refractivity contribution in [1.29, 1.82) is 0 Å². The molecule has 0 radical (unpaired) electrons. The molecule has 2 N–H and O–H groups in total. The fourth-order valence-corrected chi connectivity index (χ4v) is 5.97. The van der Waals surface area contributed by atoms with E-state index in [2.05, 4.69) is 34.1 Å². The van der Waals surface area contributed by atoms with Gasteiger partial charge in [0.25, 0.3) is 0 Å². The van der Waals surface area contributed by atoms with E-state index in [1.807, 2.05) is 30.3 Å². The van der Waals surface area contributed by atoms with Crippen LogP contribution in [0.3, 0.4) is 0 Å². The molecule has 2 aromatic carbocycles. The number of anilines is 1. The molecule has 2 aromatic rings. The number of piperazine rings is 1. The molecule has 1 fully saturated rings. The summed E-state index contributed by atoms with van der Waals surface area (Å²) in [5.74, 6) is -0.898. The summed E-state index contributed by atoms with van der Waals surface area (Å²) in [6.07, 6.45) is 1.61. The fraction of sp³-hybridized carbons (Fsp3) is 0.458. The predicted molar refractivity (Wildman–Crippen MR) is 121 cm³/mol. The molecular formula is C24H30N2O3S. The number of benzene rings is 2. The van der Waals surface area contributed by atoms with Crippen LogP contribution in [0.25, 0.3) is 0 Å². The summed E-state index contributed by atoms with van der Waals surface area (Å²) in [6, 6.07) is 18.4. The van der Waals surface area contributed by atoms with Gasteiger partial charge in [-0.1, -0.05) is 36.4 Å². The summed E-state index contributed by atoms with van der Waals surface area (Å²) in [6.45, 7) is 4.80. The van der Waals surface area contributed by atoms with Gasteiger partial charge in [0.05, 0.1) is 6.10 Å². The first-order valence-corrected chi connectivity index (χ1v) is 11.6. The zero-order chi connectivity index (χ0) is 21.0. The molecule has 2 heterocycles. The molecule has 2 aliphatic rings. The Kier molecular flexibility index (Phi) is 6.66. The second-order valence-corrected chi connectivity index (χ2v) is 9.60. The quantitative estimate of drug-likeness (QED) is 0.737. The Balaban J connectivity index is 1.35. The topological polar surface area (TPSA) is 64.0 Å². The Morgan fingerprint density at radius 3 is 2.47 bits per heavy atom. The highest BCUT2D eigenvalue weighted by molar-refractivity contribution is 8.01. The number of aryl methyl sites for hydroxylation is 1. The number of aliphatic hydroxyl groups excluding tert-OH is 1. The SMILES string of the molecule is O=C(O)C1(CCCN2CCN(c3ccccc3)CC2)Sc2ccccc2CCC1O. The highest BCUT2D eigenvalue weighted by Crippen LogP contribution is 2.45. The predicted octanol–water partition coefficient (Wildman–Crippen LogP) is 3.51. The number of carboxylic acids is 1. The summed E-state index contributed by atoms with van der Waals surface area (Å²) in [5.41, 5.74) is 2.40. The molecule has 30 heavy (non-hydrogen) atoms. The minimum Gasteiger partial charge on any atom is -0.480 e. The van der Waals surface area contributed by atoms with Crippen LogP contribution in [0.1, 0.15) is 24.8 Å². The van der Waals surface area contributed by atoms with Crippen LogP contribution in [0.4, 0.5) is 5.69 Å². The van der Waals surface area contributed by atoms with Gasteiger partial charge in [-0.05, 0) is 56.0 Å². The molecule has 4 rings (SSSR count). The van der Waals surface area contributed by atoms with Crippen LogP contribution in [0, 0.1) is 0 Å². The summed E-state index contributed by atoms with van der Waals surface area (Å²) >= 11 is 1.35. The van der Waals surface area contributed by atoms with Crippen molar-refractivity contribution in [3.63, 3.8) is 0 Å². The summed E-state index contributed by atoms with van der Waals surface area (Å²) < 4.78 is -1.17. The van der Waals surface area contributed by atoms with Crippen molar-refractivity contribution in [3.05, 3.63) is 60.2 Å². The number of hydrogen-bond donors (Lipinski definition) is 2. The smallest absolute Gasteiger partial charge is 0.322 e. The molecule has 160 valence electrons. The summed E-state index contributed by atoms with van der Waals surface area (Å²) in [7, 11) is 0. The Hall–Kier alpha value is -2.02. The van der Waals surface area contributed by atoms with Crippen LogP contribution in [0.2, 0.25) is 0 Å². The number of carboxylic acid groups (broad SMARTS) is 1. The van der Waals surface area contributed by atoms with Gasteiger partial charge in [-0.15, -0.1) is 11.8 Å². The number of aliphatic hydroxyl groups is 1. The first-order valence-electron chi connectivity index (χ1n) is 10.8. The van der Waals surface area contributed by atoms with E-state index in [-0.39, 0.29) is 0 Å². The number of thioether (sulfide) groups is 1. The third-order valence-electron chi connectivity index (χ3n) is 6.37. The summed E-state index contributed by atoms with van der Waals surface area (Å²) in [4.78, 5) is 18.1. The van der Waals surface area contributed by atoms with Crippen molar-refractivity contribution < 1.29 is 15.0 Å². The molecule has 2 aliphatic heterocycles. The first kappa shape index (κ1) is 21.2. The molecule has 0 amide bonds. The maximum Gasteiger partial charge on any atom is 0.322 e. The van der Waals surface area contributed by atoms with Crippen molar-refractivity contribution in [2.45, 2.75) is 41.4 Å². The normalized spacial score (nSPS) is 24.8. The van der Waals surface area contributed by atoms with E-state index in [1.54, 1.807) is 0 Å². The Labute approximate surface area is 182 Å². The number of para-hydroxylation sites is 1. The zero-order valence-electron chi connectivity index (χ0n) is 17.2. The number of aliphatic carboxylic acids is 1. The van der Waals surface area contributed by atoms with Gasteiger partial charge in [-0.3, -0.25) is 9.69 Å². The average molecular weight is 427 g/mol. The fourth-order valence-electron chi connectivity index (χ4n) is 4.54. The number of fused-ring (bicyclic) bond motifs is 1. The van der Waals surface area contributed by atoms with E-state index in [4.69, 9.17) is 0 Å². The van der Waals surface area contributed by atoms with Crippen LogP contribution in [0.15, 0.2) is 59.5 Å². The average Bonchev–Trinajstić information content (AvgIpc) is 2.92. The molecule has 1 saturated heterocycles. The van der Waals surface area contributed by atoms with Crippen molar-refractivity contribution >= 4 is 23.4 Å². The maximum atomic E-state index is 12.3. The highest BCUT2D eigenvalue weighted by atomic mass is 32.2. The number of carbonyl (C=O) groups is 1. The third-order valence-corrected chi connectivity index (χ3v) is 8.00. The lowest BCUT2D eigenvalue weighted by Gasteiger charge is -2.37. The second-order valence-electron chi connectivity index (χ2n) is 8.23. The lowest BCUT2D eigenvalue weighted by molar-refractivity contribution is -0.143. The molecule has 5 nitrogen and oxygen atoms in total. The van der Waals surface area contributed by atoms with E-state index >= 15 is 0 Å². The standard InChI is InChI=1S/C24H30N2O3S/c27-22-12-11-19-7-4-5-10-21(19)30-24(22,23(28)29)13-6-14-25-15-17-26(18-16-25)20-8-2-1-3-9-20/h1-5,7-10,22,27H,6,11-18H2,(H,28,29). The molecular weight excluding hydrogens is 396 g/mol. The van der Waals surface area contributed by atoms with Crippen LogP contribution in [-0.2, 0) is 11.2 Å². The highest BCUT2D eigenvalue weighted by Gasteiger charge is 2.47. The van der Waals surface area contributed by atoms with Crippen LogP contribution in [-0.4, -0.2) is 64.7 Å². The largest absolute Gasteiger partial charge is 0.480 e. The molecule has 6 heteroatoms. The van der Waals surface area contributed by atoms with Gasteiger partial charge < -0.3 is 15.1 Å². The molecule has 0 aromatic heterocycles. The summed E-state index contributed by atoms with van der Waals surface area (Å²) in [5, 5.41) is 20.9. The van der Waals surface area contributed by atoms with Crippen LogP contribution in [0.5, 0.6) is 0 Å². The third kappa shape index (κ3) is 4.51. The number of nitrogens with zero attached hydrogens (tertiary/aromatic N) is 2. The van der Waals surface area contributed by atoms with E-state index in [9.17, 15) is 15.0 Å². The lowest BCUT2D eigenvalue weighted by atomic mass is 9.91. The Morgan fingerprint density at radius 2 is 1.73 bits per heavy atom. The van der Waals surface area contributed by atoms with E-state index in [0.717, 1.165) is 56.0 Å². The van der Waals surface area contributed by atoms with Crippen LogP contribution >= 0.6 is 11.8 Å². The Morgan fingerprint density at radius 1 is 1.03 bits per heavy atom. The molecule has 0 aliphatic carbocycles. The van der Waals surface area contributed by atoms with Gasteiger partial charge in [-0.25, -0.2) is 0 Å². The van der Waals surface area contributed by atoms with Gasteiger partial charge in [0.15, 0.2) is 0 Å². The minimum absolute atomic E-state index is 0.474. The van der Waals surface area contributed by atoms with Gasteiger partial charge in [0.2, 0.25) is 0 Å². The minimum atomic E-state index is -1.17. The van der Waals surface area contributed by atoms with Crippen molar-refractivity contribution in [1.82, 2.24) is 4.90 Å². The van der Waals surface area contributed by atoms with Gasteiger partial charge in [-0.2, -0.15) is 0 Å². The molecule has 0 bridgehead atoms. The Bertz CT molecular complexity index is 855. The van der Waals surface area contributed by atoms with Crippen molar-refractivity contribution in [2.24, 2.45) is 0 Å². The van der Waals surface area contributed by atoms with Crippen molar-refractivity contribution in [2.75, 3.05) is 37.6 Å². The van der Waals surface area contributed by atoms with Gasteiger partial charge in [0.1, 0.15) is 4.75 Å². The molecule has 2 unspecified atom stereocenters. The van der Waals surface area contributed by atoms with E-state index in [0.29, 0.717) is 12.8 Å². The van der Waals surface area contributed by atoms with Gasteiger partial charge >= 0.3 is 5.97 Å². The van der Waals surface area contributed by atoms with Crippen molar-refractivity contribution in [3.8, 4) is 0 Å². The first-order chi connectivity index (χ1) is 14.6. The maximum absolute atomic E-state index is 12.3. The number of rotatable bonds is 6. The molecule has 0 spiro atoms. The second kappa shape index (κ2) is 9.41. The molecule has 2 atom stereocenters. The zero-order valence-corrected chi connectivity index (χ0v) is 18.1. The van der Waals surface area contributed by atoms with Crippen LogP contribution < -0.4 is 4.90 Å². The lowest BCUT2D eigenvalue weighted by Crippen LogP contribution is -2.48. The number of hydrogen-bond acceptors (Lipinski definition) is 5. The monoisotopic (exact) mass is 426 g/mol. The molecule has 0 saturated carbocycles.